The maximum absolute atomic E-state index is 10.9. The summed E-state index contributed by atoms with van der Waals surface area (Å²) in [6.07, 6.45) is 1.05. The summed E-state index contributed by atoms with van der Waals surface area (Å²) in [5.74, 6) is 0. The SMILES string of the molecule is CCc1ccc(CNCc2ccccc2[N+](=O)[O-])s1. The van der Waals surface area contributed by atoms with Crippen LogP contribution in [0.25, 0.3) is 0 Å². The third kappa shape index (κ3) is 3.62. The van der Waals surface area contributed by atoms with Crippen molar-refractivity contribution in [1.82, 2.24) is 5.32 Å². The highest BCUT2D eigenvalue weighted by atomic mass is 32.1. The van der Waals surface area contributed by atoms with Crippen molar-refractivity contribution in [3.05, 3.63) is 61.8 Å². The summed E-state index contributed by atoms with van der Waals surface area (Å²) in [7, 11) is 0. The largest absolute Gasteiger partial charge is 0.308 e. The normalized spacial score (nSPS) is 10.6. The summed E-state index contributed by atoms with van der Waals surface area (Å²) >= 11 is 1.78. The number of nitro benzene ring substituents is 1. The van der Waals surface area contributed by atoms with Gasteiger partial charge < -0.3 is 5.32 Å². The zero-order valence-corrected chi connectivity index (χ0v) is 11.6. The number of benzene rings is 1. The molecule has 0 spiro atoms. The summed E-state index contributed by atoms with van der Waals surface area (Å²) in [6.45, 7) is 3.39. The van der Waals surface area contributed by atoms with E-state index in [1.165, 1.54) is 15.8 Å². The second-order valence-electron chi connectivity index (χ2n) is 4.21. The highest BCUT2D eigenvalue weighted by Gasteiger charge is 2.11. The van der Waals surface area contributed by atoms with Crippen LogP contribution in [-0.4, -0.2) is 4.92 Å². The maximum Gasteiger partial charge on any atom is 0.273 e. The third-order valence-corrected chi connectivity index (χ3v) is 4.10. The lowest BCUT2D eigenvalue weighted by atomic mass is 10.2. The molecule has 1 heterocycles. The molecule has 0 amide bonds. The molecule has 19 heavy (non-hydrogen) atoms. The van der Waals surface area contributed by atoms with Crippen LogP contribution in [0.15, 0.2) is 36.4 Å². The number of thiophene rings is 1. The minimum absolute atomic E-state index is 0.176. The van der Waals surface area contributed by atoms with Crippen molar-refractivity contribution in [2.75, 3.05) is 0 Å². The standard InChI is InChI=1S/C14H16N2O2S/c1-2-12-7-8-13(19-12)10-15-9-11-5-3-4-6-14(11)16(17)18/h3-8,15H,2,9-10H2,1H3. The number of aryl methyl sites for hydroxylation is 1. The first kappa shape index (κ1) is 13.7. The smallest absolute Gasteiger partial charge is 0.273 e. The van der Waals surface area contributed by atoms with Crippen LogP contribution in [0.3, 0.4) is 0 Å². The second kappa shape index (κ2) is 6.45. The van der Waals surface area contributed by atoms with Crippen molar-refractivity contribution in [2.45, 2.75) is 26.4 Å². The van der Waals surface area contributed by atoms with E-state index in [2.05, 4.69) is 24.4 Å². The first-order chi connectivity index (χ1) is 9.20. The molecule has 4 nitrogen and oxygen atoms in total. The highest BCUT2D eigenvalue weighted by Crippen LogP contribution is 2.19. The Morgan fingerprint density at radius 1 is 1.16 bits per heavy atom. The quantitative estimate of drug-likeness (QED) is 0.649. The van der Waals surface area contributed by atoms with Crippen LogP contribution in [0.5, 0.6) is 0 Å². The van der Waals surface area contributed by atoms with Crippen LogP contribution in [0.1, 0.15) is 22.2 Å². The van der Waals surface area contributed by atoms with Gasteiger partial charge in [-0.25, -0.2) is 0 Å². The molecule has 0 aliphatic carbocycles. The van der Waals surface area contributed by atoms with E-state index in [4.69, 9.17) is 0 Å². The molecule has 0 aliphatic rings. The van der Waals surface area contributed by atoms with E-state index in [0.717, 1.165) is 18.5 Å². The number of hydrogen-bond acceptors (Lipinski definition) is 4. The van der Waals surface area contributed by atoms with Gasteiger partial charge in [0, 0.05) is 34.5 Å². The average molecular weight is 276 g/mol. The van der Waals surface area contributed by atoms with E-state index >= 15 is 0 Å². The zero-order valence-electron chi connectivity index (χ0n) is 10.8. The minimum Gasteiger partial charge on any atom is -0.308 e. The molecule has 0 atom stereocenters. The Morgan fingerprint density at radius 3 is 2.58 bits per heavy atom. The number of rotatable bonds is 6. The molecule has 1 N–H and O–H groups in total. The van der Waals surface area contributed by atoms with Gasteiger partial charge in [0.2, 0.25) is 0 Å². The van der Waals surface area contributed by atoms with E-state index in [1.54, 1.807) is 23.5 Å². The molecule has 0 saturated heterocycles. The molecule has 0 saturated carbocycles. The minimum atomic E-state index is -0.336. The number of nitrogens with zero attached hydrogens (tertiary/aromatic N) is 1. The molecule has 2 aromatic rings. The number of nitrogens with one attached hydrogen (secondary N) is 1. The lowest BCUT2D eigenvalue weighted by Gasteiger charge is -2.04. The maximum atomic E-state index is 10.9. The summed E-state index contributed by atoms with van der Waals surface area (Å²) in [5, 5.41) is 14.1. The van der Waals surface area contributed by atoms with Gasteiger partial charge >= 0.3 is 0 Å². The summed E-state index contributed by atoms with van der Waals surface area (Å²) in [6, 6.07) is 11.1. The lowest BCUT2D eigenvalue weighted by Crippen LogP contribution is -2.12. The van der Waals surface area contributed by atoms with Gasteiger partial charge in [0.1, 0.15) is 0 Å². The van der Waals surface area contributed by atoms with Gasteiger partial charge in [-0.05, 0) is 18.6 Å². The van der Waals surface area contributed by atoms with Gasteiger partial charge in [-0.1, -0.05) is 25.1 Å². The van der Waals surface area contributed by atoms with Crippen molar-refractivity contribution < 1.29 is 4.92 Å². The first-order valence-electron chi connectivity index (χ1n) is 6.21. The van der Waals surface area contributed by atoms with Crippen LogP contribution in [0.4, 0.5) is 5.69 Å². The van der Waals surface area contributed by atoms with Crippen molar-refractivity contribution in [3.63, 3.8) is 0 Å². The van der Waals surface area contributed by atoms with Crippen LogP contribution in [-0.2, 0) is 19.5 Å². The Labute approximate surface area is 116 Å². The monoisotopic (exact) mass is 276 g/mol. The van der Waals surface area contributed by atoms with Gasteiger partial charge in [-0.2, -0.15) is 0 Å². The molecular weight excluding hydrogens is 260 g/mol. The molecule has 0 unspecified atom stereocenters. The Bertz CT molecular complexity index is 566. The topological polar surface area (TPSA) is 55.2 Å². The lowest BCUT2D eigenvalue weighted by molar-refractivity contribution is -0.385. The zero-order chi connectivity index (χ0) is 13.7. The van der Waals surface area contributed by atoms with E-state index < -0.39 is 0 Å². The molecule has 5 heteroatoms. The number of nitro groups is 1. The summed E-state index contributed by atoms with van der Waals surface area (Å²) in [5.41, 5.74) is 0.898. The molecule has 1 aromatic heterocycles. The fourth-order valence-corrected chi connectivity index (χ4v) is 2.79. The van der Waals surface area contributed by atoms with Gasteiger partial charge in [-0.15, -0.1) is 11.3 Å². The Kier molecular flexibility index (Phi) is 4.65. The van der Waals surface area contributed by atoms with Gasteiger partial charge in [-0.3, -0.25) is 10.1 Å². The summed E-state index contributed by atoms with van der Waals surface area (Å²) < 4.78 is 0. The molecule has 100 valence electrons. The van der Waals surface area contributed by atoms with E-state index in [9.17, 15) is 10.1 Å². The van der Waals surface area contributed by atoms with Crippen LogP contribution in [0.2, 0.25) is 0 Å². The molecule has 0 radical (unpaired) electrons. The molecule has 0 aliphatic heterocycles. The predicted molar refractivity (Wildman–Crippen MR) is 77.3 cm³/mol. The van der Waals surface area contributed by atoms with E-state index in [-0.39, 0.29) is 10.6 Å². The first-order valence-corrected chi connectivity index (χ1v) is 7.03. The average Bonchev–Trinajstić information content (AvgIpc) is 2.87. The predicted octanol–water partition coefficient (Wildman–Crippen LogP) is 3.51. The molecule has 2 rings (SSSR count). The number of hydrogen-bond donors (Lipinski definition) is 1. The molecular formula is C14H16N2O2S. The van der Waals surface area contributed by atoms with E-state index in [1.807, 2.05) is 6.07 Å². The summed E-state index contributed by atoms with van der Waals surface area (Å²) in [4.78, 5) is 13.2. The Hall–Kier alpha value is -1.72. The van der Waals surface area contributed by atoms with Crippen molar-refractivity contribution in [3.8, 4) is 0 Å². The highest BCUT2D eigenvalue weighted by molar-refractivity contribution is 7.11. The van der Waals surface area contributed by atoms with Gasteiger partial charge in [0.05, 0.1) is 4.92 Å². The Morgan fingerprint density at radius 2 is 1.89 bits per heavy atom. The van der Waals surface area contributed by atoms with Crippen molar-refractivity contribution in [1.29, 1.82) is 0 Å². The van der Waals surface area contributed by atoms with E-state index in [0.29, 0.717) is 6.54 Å². The van der Waals surface area contributed by atoms with Crippen molar-refractivity contribution in [2.24, 2.45) is 0 Å². The van der Waals surface area contributed by atoms with Gasteiger partial charge in [0.25, 0.3) is 5.69 Å². The van der Waals surface area contributed by atoms with Crippen LogP contribution in [0, 0.1) is 10.1 Å². The number of para-hydroxylation sites is 1. The third-order valence-electron chi connectivity index (χ3n) is 2.87. The van der Waals surface area contributed by atoms with Crippen LogP contribution >= 0.6 is 11.3 Å². The van der Waals surface area contributed by atoms with Gasteiger partial charge in [0.15, 0.2) is 0 Å². The Balaban J connectivity index is 1.94. The fourth-order valence-electron chi connectivity index (χ4n) is 1.87. The second-order valence-corrected chi connectivity index (χ2v) is 5.46. The fraction of sp³-hybridized carbons (Fsp3) is 0.286. The molecule has 0 bridgehead atoms. The molecule has 1 aromatic carbocycles. The molecule has 0 fully saturated rings. The van der Waals surface area contributed by atoms with Crippen LogP contribution < -0.4 is 5.32 Å². The van der Waals surface area contributed by atoms with Crippen molar-refractivity contribution >= 4 is 17.0 Å².